The number of hydrogen-bond acceptors (Lipinski definition) is 7. The molecule has 2 aliphatic rings. The van der Waals surface area contributed by atoms with E-state index in [0.29, 0.717) is 0 Å². The Hall–Kier alpha value is -0.0100. The molecule has 0 spiro atoms. The molecule has 2 heterocycles. The Labute approximate surface area is 86.5 Å². The monoisotopic (exact) mass is 239 g/mol. The lowest BCUT2D eigenvalue weighted by atomic mass is 10.1. The van der Waals surface area contributed by atoms with Gasteiger partial charge in [-0.2, -0.15) is 0 Å². The van der Waals surface area contributed by atoms with E-state index in [1.807, 2.05) is 0 Å². The Bertz CT molecular complexity index is 283. The standard InChI is InChI=1S/C7H13O7P/c1-11-15(9,10)14-5-3-13-6-4(8)2-12-7(5)6/h4-8H,2-3H2,1H3,(H,9,10)/p-1/t4-,5-,6-,7-/m1/s1. The normalized spacial score (nSPS) is 43.9. The topological polar surface area (TPSA) is 97.3 Å². The van der Waals surface area contributed by atoms with Crippen molar-refractivity contribution in [1.82, 2.24) is 0 Å². The molecule has 0 aromatic carbocycles. The summed E-state index contributed by atoms with van der Waals surface area (Å²) in [6.45, 7) is 0.202. The molecular formula is C7H12O7P-. The second kappa shape index (κ2) is 4.10. The molecule has 8 heteroatoms. The Kier molecular flexibility index (Phi) is 3.14. The van der Waals surface area contributed by atoms with Crippen molar-refractivity contribution in [3.8, 4) is 0 Å². The number of fused-ring (bicyclic) bond motifs is 1. The highest BCUT2D eigenvalue weighted by atomic mass is 31.2. The molecule has 2 saturated heterocycles. The van der Waals surface area contributed by atoms with E-state index in [4.69, 9.17) is 14.0 Å². The van der Waals surface area contributed by atoms with E-state index in [2.05, 4.69) is 4.52 Å². The third-order valence-electron chi connectivity index (χ3n) is 2.47. The van der Waals surface area contributed by atoms with Crippen LogP contribution in [0.4, 0.5) is 0 Å². The van der Waals surface area contributed by atoms with Crippen molar-refractivity contribution in [1.29, 1.82) is 0 Å². The summed E-state index contributed by atoms with van der Waals surface area (Å²) in [7, 11) is -3.26. The highest BCUT2D eigenvalue weighted by molar-refractivity contribution is 7.45. The molecule has 1 N–H and O–H groups in total. The molecule has 0 aromatic heterocycles. The van der Waals surface area contributed by atoms with Crippen LogP contribution in [0.1, 0.15) is 0 Å². The summed E-state index contributed by atoms with van der Waals surface area (Å²) in [5.41, 5.74) is 0. The van der Waals surface area contributed by atoms with Crippen LogP contribution in [0.25, 0.3) is 0 Å². The van der Waals surface area contributed by atoms with Crippen molar-refractivity contribution in [2.24, 2.45) is 0 Å². The quantitative estimate of drug-likeness (QED) is 0.607. The zero-order valence-corrected chi connectivity index (χ0v) is 8.96. The SMILES string of the molecule is COP(=O)([O-])O[C@@H]1CO[C@H]2[C@@H]1OC[C@H]2O. The summed E-state index contributed by atoms with van der Waals surface area (Å²) in [4.78, 5) is 11.0. The van der Waals surface area contributed by atoms with E-state index in [-0.39, 0.29) is 13.2 Å². The smallest absolute Gasteiger partial charge is 0.268 e. The molecular weight excluding hydrogens is 227 g/mol. The minimum Gasteiger partial charge on any atom is -0.756 e. The first-order valence-corrected chi connectivity index (χ1v) is 5.96. The van der Waals surface area contributed by atoms with Crippen LogP contribution >= 0.6 is 7.82 Å². The molecule has 0 bridgehead atoms. The first-order valence-electron chi connectivity index (χ1n) is 4.50. The predicted molar refractivity (Wildman–Crippen MR) is 45.0 cm³/mol. The number of hydrogen-bond donors (Lipinski definition) is 1. The molecule has 0 amide bonds. The maximum absolute atomic E-state index is 11.0. The van der Waals surface area contributed by atoms with E-state index in [1.54, 1.807) is 0 Å². The first-order chi connectivity index (χ1) is 7.03. The van der Waals surface area contributed by atoms with Crippen molar-refractivity contribution in [3.63, 3.8) is 0 Å². The highest BCUT2D eigenvalue weighted by Gasteiger charge is 2.48. The lowest BCUT2D eigenvalue weighted by Gasteiger charge is -2.25. The summed E-state index contributed by atoms with van der Waals surface area (Å²) >= 11 is 0. The Morgan fingerprint density at radius 1 is 1.40 bits per heavy atom. The number of aliphatic hydroxyl groups is 1. The lowest BCUT2D eigenvalue weighted by Crippen LogP contribution is -2.33. The van der Waals surface area contributed by atoms with Gasteiger partial charge >= 0.3 is 0 Å². The number of ether oxygens (including phenoxy) is 2. The first kappa shape index (κ1) is 11.5. The van der Waals surface area contributed by atoms with Gasteiger partial charge in [-0.3, -0.25) is 4.57 Å². The molecule has 5 atom stereocenters. The molecule has 7 nitrogen and oxygen atoms in total. The molecule has 0 radical (unpaired) electrons. The Balaban J connectivity index is 1.98. The zero-order valence-electron chi connectivity index (χ0n) is 8.07. The second-order valence-corrected chi connectivity index (χ2v) is 4.91. The van der Waals surface area contributed by atoms with Crippen LogP contribution in [-0.2, 0) is 23.1 Å². The van der Waals surface area contributed by atoms with Crippen LogP contribution in [0.2, 0.25) is 0 Å². The molecule has 88 valence electrons. The van der Waals surface area contributed by atoms with Crippen molar-refractivity contribution < 1.29 is 33.1 Å². The van der Waals surface area contributed by atoms with Gasteiger partial charge in [0.15, 0.2) is 0 Å². The van der Waals surface area contributed by atoms with E-state index >= 15 is 0 Å². The van der Waals surface area contributed by atoms with Gasteiger partial charge in [-0.25, -0.2) is 0 Å². The molecule has 2 fully saturated rings. The van der Waals surface area contributed by atoms with Crippen LogP contribution in [0.15, 0.2) is 0 Å². The minimum absolute atomic E-state index is 0.0714. The van der Waals surface area contributed by atoms with Crippen LogP contribution in [-0.4, -0.2) is 49.8 Å². The zero-order chi connectivity index (χ0) is 11.1. The molecule has 0 aromatic rings. The fourth-order valence-corrected chi connectivity index (χ4v) is 2.34. The third-order valence-corrected chi connectivity index (χ3v) is 3.45. The third kappa shape index (κ3) is 2.24. The van der Waals surface area contributed by atoms with Gasteiger partial charge in [-0.1, -0.05) is 0 Å². The maximum Gasteiger partial charge on any atom is 0.268 e. The molecule has 15 heavy (non-hydrogen) atoms. The van der Waals surface area contributed by atoms with Gasteiger partial charge in [0, 0.05) is 7.11 Å². The number of phosphoric ester groups is 1. The van der Waals surface area contributed by atoms with E-state index in [0.717, 1.165) is 7.11 Å². The Morgan fingerprint density at radius 3 is 2.73 bits per heavy atom. The van der Waals surface area contributed by atoms with Gasteiger partial charge in [-0.05, 0) is 0 Å². The average molecular weight is 239 g/mol. The summed E-state index contributed by atoms with van der Waals surface area (Å²) in [5, 5.41) is 9.39. The van der Waals surface area contributed by atoms with Crippen molar-refractivity contribution >= 4 is 7.82 Å². The van der Waals surface area contributed by atoms with Crippen LogP contribution in [0, 0.1) is 0 Å². The van der Waals surface area contributed by atoms with Gasteiger partial charge < -0.3 is 28.5 Å². The van der Waals surface area contributed by atoms with Crippen LogP contribution in [0.5, 0.6) is 0 Å². The summed E-state index contributed by atoms with van der Waals surface area (Å²) in [6.07, 6.45) is -2.52. The van der Waals surface area contributed by atoms with Crippen LogP contribution < -0.4 is 4.89 Å². The van der Waals surface area contributed by atoms with Gasteiger partial charge in [0.1, 0.15) is 24.4 Å². The van der Waals surface area contributed by atoms with E-state index in [1.165, 1.54) is 0 Å². The largest absolute Gasteiger partial charge is 0.756 e. The van der Waals surface area contributed by atoms with Gasteiger partial charge in [0.25, 0.3) is 7.82 Å². The van der Waals surface area contributed by atoms with E-state index < -0.39 is 32.2 Å². The van der Waals surface area contributed by atoms with Crippen molar-refractivity contribution in [3.05, 3.63) is 0 Å². The second-order valence-electron chi connectivity index (χ2n) is 3.44. The lowest BCUT2D eigenvalue weighted by molar-refractivity contribution is -0.229. The van der Waals surface area contributed by atoms with Crippen molar-refractivity contribution in [2.75, 3.05) is 20.3 Å². The van der Waals surface area contributed by atoms with Crippen molar-refractivity contribution in [2.45, 2.75) is 24.4 Å². The molecule has 2 rings (SSSR count). The fourth-order valence-electron chi connectivity index (χ4n) is 1.74. The minimum atomic E-state index is -4.28. The van der Waals surface area contributed by atoms with Crippen LogP contribution in [0.3, 0.4) is 0 Å². The number of phosphoric acid groups is 1. The predicted octanol–water partition coefficient (Wildman–Crippen LogP) is -1.36. The molecule has 1 unspecified atom stereocenters. The highest BCUT2D eigenvalue weighted by Crippen LogP contribution is 2.42. The summed E-state index contributed by atoms with van der Waals surface area (Å²) < 4.78 is 30.3. The van der Waals surface area contributed by atoms with E-state index in [9.17, 15) is 14.6 Å². The molecule has 2 aliphatic heterocycles. The average Bonchev–Trinajstić information content (AvgIpc) is 2.72. The molecule has 0 saturated carbocycles. The van der Waals surface area contributed by atoms with Gasteiger partial charge in [-0.15, -0.1) is 0 Å². The number of rotatable bonds is 3. The Morgan fingerprint density at radius 2 is 2.07 bits per heavy atom. The summed E-state index contributed by atoms with van der Waals surface area (Å²) in [6, 6.07) is 0. The van der Waals surface area contributed by atoms with Gasteiger partial charge in [0.2, 0.25) is 0 Å². The fraction of sp³-hybridized carbons (Fsp3) is 1.00. The number of aliphatic hydroxyl groups excluding tert-OH is 1. The molecule has 0 aliphatic carbocycles. The van der Waals surface area contributed by atoms with Gasteiger partial charge in [0.05, 0.1) is 13.2 Å². The maximum atomic E-state index is 11.0. The summed E-state index contributed by atoms with van der Waals surface area (Å²) in [5.74, 6) is 0.